The molecule has 6 aliphatic rings. The van der Waals surface area contributed by atoms with Crippen molar-refractivity contribution in [3.8, 4) is 0 Å². The normalized spacial score (nSPS) is 25.9. The van der Waals surface area contributed by atoms with E-state index < -0.39 is 47.7 Å². The largest absolute Gasteiger partial charge is 0.384 e. The number of hydrogen-bond donors (Lipinski definition) is 3. The van der Waals surface area contributed by atoms with Gasteiger partial charge in [0, 0.05) is 44.1 Å². The van der Waals surface area contributed by atoms with Gasteiger partial charge >= 0.3 is 0 Å². The summed E-state index contributed by atoms with van der Waals surface area (Å²) in [5, 5.41) is 16.9. The lowest BCUT2D eigenvalue weighted by Crippen LogP contribution is -2.54. The highest BCUT2D eigenvalue weighted by Gasteiger charge is 2.46. The van der Waals surface area contributed by atoms with Crippen molar-refractivity contribution in [1.82, 2.24) is 39.5 Å². The SMILES string of the molecule is O=C1CCC(N2C(=O)c3cccc(NCC4CCN(CC5CCC(n6cc(NC(=O)c7cnn8ccc(N9C[C@H]%10C[C@@H]9CO%10)nc78)c(C(F)F)n6)CC5)CC4)c3C2=O)C(=O)N1. The van der Waals surface area contributed by atoms with Crippen molar-refractivity contribution in [2.24, 2.45) is 11.8 Å². The molecule has 5 amide bonds. The van der Waals surface area contributed by atoms with E-state index in [2.05, 4.69) is 35.9 Å². The molecule has 1 unspecified atom stereocenters. The maximum atomic E-state index is 14.3. The predicted molar refractivity (Wildman–Crippen MR) is 215 cm³/mol. The van der Waals surface area contributed by atoms with Crippen molar-refractivity contribution >= 4 is 52.4 Å². The van der Waals surface area contributed by atoms with Gasteiger partial charge in [-0.2, -0.15) is 10.2 Å². The first-order valence-corrected chi connectivity index (χ1v) is 21.3. The molecule has 3 atom stereocenters. The molecule has 3 aromatic heterocycles. The van der Waals surface area contributed by atoms with Crippen molar-refractivity contribution in [2.45, 2.75) is 88.4 Å². The van der Waals surface area contributed by atoms with E-state index in [0.29, 0.717) is 36.3 Å². The van der Waals surface area contributed by atoms with Gasteiger partial charge in [0.2, 0.25) is 11.8 Å². The Labute approximate surface area is 349 Å². The van der Waals surface area contributed by atoms with Gasteiger partial charge < -0.3 is 25.2 Å². The lowest BCUT2D eigenvalue weighted by molar-refractivity contribution is -0.136. The standard InChI is InChI=1S/C42H47F2N11O6/c43-37(44)36-31(47-39(57)29-18-46-53-15-12-33(48-38(29)53)52-20-27-16-26(52)22-61-27)21-54(50-36)25-6-4-24(5-7-25)19-51-13-10-23(11-14-51)17-45-30-3-1-2-28-35(30)42(60)55(41(28)59)32-8-9-34(56)49-40(32)58/h1-3,12,15,18,21,23-27,32,37,45H,4-11,13-14,16-17,19-20,22H2,(H,47,57)(H,49,56,58)/t24?,25?,26-,27-,32?/m1/s1. The number of morpholine rings is 1. The average molecular weight is 840 g/mol. The summed E-state index contributed by atoms with van der Waals surface area (Å²) in [6, 6.07) is 6.12. The van der Waals surface area contributed by atoms with Crippen molar-refractivity contribution in [2.75, 3.05) is 54.9 Å². The lowest BCUT2D eigenvalue weighted by atomic mass is 9.85. The highest BCUT2D eigenvalue weighted by atomic mass is 19.3. The van der Waals surface area contributed by atoms with E-state index >= 15 is 0 Å². The van der Waals surface area contributed by atoms with Crippen LogP contribution in [0.3, 0.4) is 0 Å². The Bertz CT molecular complexity index is 2400. The fraction of sp³-hybridized carbons (Fsp3) is 0.524. The second-order valence-electron chi connectivity index (χ2n) is 17.2. The van der Waals surface area contributed by atoms with Crippen LogP contribution < -0.4 is 20.9 Å². The number of halogens is 2. The smallest absolute Gasteiger partial charge is 0.284 e. The average Bonchev–Trinajstić information content (AvgIpc) is 4.11. The number of amides is 5. The second-order valence-corrected chi connectivity index (χ2v) is 17.2. The number of likely N-dealkylation sites (tertiary alicyclic amines) is 1. The molecule has 19 heteroatoms. The van der Waals surface area contributed by atoms with Crippen LogP contribution in [0.25, 0.3) is 5.65 Å². The number of carbonyl (C=O) groups excluding carboxylic acids is 5. The van der Waals surface area contributed by atoms with Crippen LogP contribution in [0.1, 0.15) is 107 Å². The minimum Gasteiger partial charge on any atom is -0.384 e. The number of ether oxygens (including phenoxy) is 1. The van der Waals surface area contributed by atoms with Crippen LogP contribution in [0.15, 0.2) is 42.9 Å². The number of alkyl halides is 2. The maximum absolute atomic E-state index is 14.3. The number of piperidine rings is 2. The van der Waals surface area contributed by atoms with Crippen LogP contribution in [-0.2, 0) is 14.3 Å². The molecule has 5 fully saturated rings. The molecule has 17 nitrogen and oxygen atoms in total. The van der Waals surface area contributed by atoms with Gasteiger partial charge in [-0.3, -0.25) is 38.9 Å². The predicted octanol–water partition coefficient (Wildman–Crippen LogP) is 4.05. The Morgan fingerprint density at radius 3 is 2.51 bits per heavy atom. The molecule has 2 bridgehead atoms. The van der Waals surface area contributed by atoms with Crippen molar-refractivity contribution < 1.29 is 37.5 Å². The Balaban J connectivity index is 0.706. The summed E-state index contributed by atoms with van der Waals surface area (Å²) in [5.74, 6) is -1.12. The number of anilines is 3. The molecule has 1 aliphatic carbocycles. The van der Waals surface area contributed by atoms with Crippen molar-refractivity contribution in [1.29, 1.82) is 0 Å². The third-order valence-corrected chi connectivity index (χ3v) is 13.5. The monoisotopic (exact) mass is 839 g/mol. The summed E-state index contributed by atoms with van der Waals surface area (Å²) in [6.45, 7) is 4.81. The van der Waals surface area contributed by atoms with E-state index in [9.17, 15) is 32.8 Å². The zero-order valence-electron chi connectivity index (χ0n) is 33.5. The molecule has 8 heterocycles. The molecule has 61 heavy (non-hydrogen) atoms. The topological polar surface area (TPSA) is 188 Å². The van der Waals surface area contributed by atoms with Crippen LogP contribution in [0.4, 0.5) is 26.0 Å². The van der Waals surface area contributed by atoms with Crippen molar-refractivity contribution in [3.05, 3.63) is 65.2 Å². The maximum Gasteiger partial charge on any atom is 0.284 e. The Hall–Kier alpha value is -5.82. The molecule has 0 spiro atoms. The summed E-state index contributed by atoms with van der Waals surface area (Å²) in [7, 11) is 0. The van der Waals surface area contributed by atoms with Crippen LogP contribution in [-0.4, -0.2) is 121 Å². The van der Waals surface area contributed by atoms with Crippen molar-refractivity contribution in [3.63, 3.8) is 0 Å². The number of nitrogens with zero attached hydrogens (tertiary/aromatic N) is 8. The quantitative estimate of drug-likeness (QED) is 0.184. The summed E-state index contributed by atoms with van der Waals surface area (Å²) in [4.78, 5) is 74.8. The van der Waals surface area contributed by atoms with E-state index in [1.54, 1.807) is 29.1 Å². The number of carbonyl (C=O) groups is 5. The molecule has 320 valence electrons. The van der Waals surface area contributed by atoms with E-state index in [-0.39, 0.29) is 53.4 Å². The Kier molecular flexibility index (Phi) is 10.2. The van der Waals surface area contributed by atoms with Gasteiger partial charge in [-0.05, 0) is 94.5 Å². The van der Waals surface area contributed by atoms with Crippen LogP contribution in [0.5, 0.6) is 0 Å². The summed E-state index contributed by atoms with van der Waals surface area (Å²) in [5.41, 5.74) is 1.14. The molecule has 4 saturated heterocycles. The van der Waals surface area contributed by atoms with Gasteiger partial charge in [-0.25, -0.2) is 18.3 Å². The molecule has 4 aromatic rings. The molecule has 1 saturated carbocycles. The first-order chi connectivity index (χ1) is 29.6. The Morgan fingerprint density at radius 2 is 1.77 bits per heavy atom. The van der Waals surface area contributed by atoms with Gasteiger partial charge in [0.25, 0.3) is 24.1 Å². The molecule has 10 rings (SSSR count). The number of imide groups is 2. The van der Waals surface area contributed by atoms with E-state index in [1.807, 2.05) is 6.07 Å². The van der Waals surface area contributed by atoms with Gasteiger partial charge in [0.05, 0.1) is 47.8 Å². The lowest BCUT2D eigenvalue weighted by Gasteiger charge is -2.36. The number of benzene rings is 1. The van der Waals surface area contributed by atoms with Crippen LogP contribution >= 0.6 is 0 Å². The third kappa shape index (κ3) is 7.40. The Morgan fingerprint density at radius 1 is 0.951 bits per heavy atom. The van der Waals surface area contributed by atoms with Gasteiger partial charge in [0.15, 0.2) is 11.3 Å². The van der Waals surface area contributed by atoms with Gasteiger partial charge in [-0.1, -0.05) is 6.07 Å². The first kappa shape index (κ1) is 39.3. The highest BCUT2D eigenvalue weighted by Crippen LogP contribution is 2.37. The number of hydrogen-bond acceptors (Lipinski definition) is 12. The van der Waals surface area contributed by atoms with E-state index in [1.165, 1.54) is 16.9 Å². The summed E-state index contributed by atoms with van der Waals surface area (Å²) < 4.78 is 37.4. The highest BCUT2D eigenvalue weighted by molar-refractivity contribution is 6.25. The van der Waals surface area contributed by atoms with Crippen LogP contribution in [0, 0.1) is 11.8 Å². The molecule has 0 radical (unpaired) electrons. The number of fused-ring (bicyclic) bond motifs is 4. The molecule has 3 N–H and O–H groups in total. The minimum absolute atomic E-state index is 0.0186. The zero-order chi connectivity index (χ0) is 41.9. The molecule has 5 aliphatic heterocycles. The summed E-state index contributed by atoms with van der Waals surface area (Å²) >= 11 is 0. The second kappa shape index (κ2) is 15.9. The van der Waals surface area contributed by atoms with Crippen LogP contribution in [0.2, 0.25) is 0 Å². The number of aromatic nitrogens is 5. The van der Waals surface area contributed by atoms with E-state index in [0.717, 1.165) is 81.8 Å². The van der Waals surface area contributed by atoms with E-state index in [4.69, 9.17) is 9.72 Å². The third-order valence-electron chi connectivity index (χ3n) is 13.5. The van der Waals surface area contributed by atoms with Gasteiger partial charge in [-0.15, -0.1) is 0 Å². The summed E-state index contributed by atoms with van der Waals surface area (Å²) in [6.07, 6.45) is 8.46. The zero-order valence-corrected chi connectivity index (χ0v) is 33.5. The van der Waals surface area contributed by atoms with Gasteiger partial charge in [0.1, 0.15) is 17.4 Å². The fourth-order valence-corrected chi connectivity index (χ4v) is 10.1. The first-order valence-electron chi connectivity index (χ1n) is 21.3. The molecular formula is C42H47F2N11O6. The number of rotatable bonds is 11. The molecule has 1 aromatic carbocycles. The number of nitrogens with one attached hydrogen (secondary N) is 3. The fourth-order valence-electron chi connectivity index (χ4n) is 10.1. The minimum atomic E-state index is -2.87. The molecular weight excluding hydrogens is 793 g/mol.